The van der Waals surface area contributed by atoms with Crippen molar-refractivity contribution in [2.24, 2.45) is 0 Å². The fourth-order valence-corrected chi connectivity index (χ4v) is 3.19. The van der Waals surface area contributed by atoms with Crippen LogP contribution in [0.4, 0.5) is 0 Å². The smallest absolute Gasteiger partial charge is 0.292 e. The van der Waals surface area contributed by atoms with E-state index in [0.717, 1.165) is 0 Å². The fourth-order valence-electron chi connectivity index (χ4n) is 1.79. The predicted octanol–water partition coefficient (Wildman–Crippen LogP) is 2.16. The SMILES string of the molecule is COC=O.COc1ccccc1CS(=O)(=O)c1cccc(O)c1. The zero-order valence-electron chi connectivity index (χ0n) is 12.8. The summed E-state index contributed by atoms with van der Waals surface area (Å²) in [7, 11) is -0.696. The highest BCUT2D eigenvalue weighted by Crippen LogP contribution is 2.25. The molecule has 23 heavy (non-hydrogen) atoms. The number of para-hydroxylation sites is 1. The van der Waals surface area contributed by atoms with Gasteiger partial charge in [-0.1, -0.05) is 24.3 Å². The van der Waals surface area contributed by atoms with Gasteiger partial charge < -0.3 is 14.6 Å². The largest absolute Gasteiger partial charge is 0.508 e. The van der Waals surface area contributed by atoms with Gasteiger partial charge in [0, 0.05) is 5.56 Å². The van der Waals surface area contributed by atoms with Crippen LogP contribution in [-0.2, 0) is 25.1 Å². The lowest BCUT2D eigenvalue weighted by Gasteiger charge is -2.09. The van der Waals surface area contributed by atoms with Crippen molar-refractivity contribution in [1.29, 1.82) is 0 Å². The normalized spacial score (nSPS) is 10.2. The highest BCUT2D eigenvalue weighted by Gasteiger charge is 2.17. The molecule has 0 bridgehead atoms. The van der Waals surface area contributed by atoms with Gasteiger partial charge in [0.15, 0.2) is 9.84 Å². The van der Waals surface area contributed by atoms with Crippen LogP contribution in [0.25, 0.3) is 0 Å². The third-order valence-corrected chi connectivity index (χ3v) is 4.47. The Hall–Kier alpha value is -2.54. The molecule has 0 atom stereocenters. The van der Waals surface area contributed by atoms with Crippen molar-refractivity contribution in [3.8, 4) is 11.5 Å². The van der Waals surface area contributed by atoms with E-state index in [9.17, 15) is 13.5 Å². The van der Waals surface area contributed by atoms with Crippen molar-refractivity contribution in [3.63, 3.8) is 0 Å². The summed E-state index contributed by atoms with van der Waals surface area (Å²) < 4.78 is 33.5. The molecule has 0 amide bonds. The fraction of sp³-hybridized carbons (Fsp3) is 0.188. The van der Waals surface area contributed by atoms with E-state index in [4.69, 9.17) is 9.53 Å². The molecular formula is C16H18O6S. The van der Waals surface area contributed by atoms with E-state index in [-0.39, 0.29) is 16.4 Å². The molecule has 0 radical (unpaired) electrons. The average Bonchev–Trinajstić information content (AvgIpc) is 2.55. The number of hydrogen-bond donors (Lipinski definition) is 1. The van der Waals surface area contributed by atoms with E-state index in [2.05, 4.69) is 4.74 Å². The second-order valence-electron chi connectivity index (χ2n) is 4.40. The van der Waals surface area contributed by atoms with Crippen LogP contribution in [0, 0.1) is 0 Å². The molecule has 2 aromatic rings. The molecule has 2 aromatic carbocycles. The first-order valence-corrected chi connectivity index (χ1v) is 8.20. The molecule has 0 aliphatic carbocycles. The van der Waals surface area contributed by atoms with Gasteiger partial charge in [-0.3, -0.25) is 4.79 Å². The number of phenolic OH excluding ortho intramolecular Hbond substituents is 1. The molecule has 0 spiro atoms. The molecule has 7 heteroatoms. The van der Waals surface area contributed by atoms with Crippen LogP contribution in [0.2, 0.25) is 0 Å². The van der Waals surface area contributed by atoms with Gasteiger partial charge in [-0.15, -0.1) is 0 Å². The molecule has 0 saturated heterocycles. The van der Waals surface area contributed by atoms with Crippen molar-refractivity contribution >= 4 is 16.3 Å². The van der Waals surface area contributed by atoms with Crippen LogP contribution in [-0.4, -0.2) is 34.2 Å². The number of methoxy groups -OCH3 is 2. The summed E-state index contributed by atoms with van der Waals surface area (Å²) in [4.78, 5) is 9.05. The van der Waals surface area contributed by atoms with Gasteiger partial charge >= 0.3 is 0 Å². The number of sulfone groups is 1. The minimum atomic E-state index is -3.51. The average molecular weight is 338 g/mol. The number of phenols is 1. The summed E-state index contributed by atoms with van der Waals surface area (Å²) >= 11 is 0. The van der Waals surface area contributed by atoms with Gasteiger partial charge in [0.05, 0.1) is 24.9 Å². The van der Waals surface area contributed by atoms with Crippen LogP contribution in [0.3, 0.4) is 0 Å². The molecule has 0 unspecified atom stereocenters. The highest BCUT2D eigenvalue weighted by atomic mass is 32.2. The standard InChI is InChI=1S/C14H14O4S.C2H4O2/c1-18-14-8-3-2-5-11(14)10-19(16,17)13-7-4-6-12(15)9-13;1-4-2-3/h2-9,15H,10H2,1H3;2H,1H3. The molecule has 0 aliphatic heterocycles. The highest BCUT2D eigenvalue weighted by molar-refractivity contribution is 7.90. The summed E-state index contributed by atoms with van der Waals surface area (Å²) in [5.41, 5.74) is 0.591. The van der Waals surface area contributed by atoms with Gasteiger partial charge in [0.1, 0.15) is 11.5 Å². The molecule has 124 valence electrons. The number of ether oxygens (including phenoxy) is 2. The van der Waals surface area contributed by atoms with Crippen molar-refractivity contribution in [2.45, 2.75) is 10.6 Å². The van der Waals surface area contributed by atoms with Crippen LogP contribution in [0.5, 0.6) is 11.5 Å². The Labute approximate surface area is 135 Å². The summed E-state index contributed by atoms with van der Waals surface area (Å²) in [6.07, 6.45) is 0. The molecule has 0 aliphatic rings. The Balaban J connectivity index is 0.000000593. The summed E-state index contributed by atoms with van der Waals surface area (Å²) in [5, 5.41) is 9.35. The number of carbonyl (C=O) groups is 1. The van der Waals surface area contributed by atoms with Crippen molar-refractivity contribution < 1.29 is 27.8 Å². The van der Waals surface area contributed by atoms with Crippen LogP contribution in [0.15, 0.2) is 53.4 Å². The van der Waals surface area contributed by atoms with E-state index in [1.54, 1.807) is 24.3 Å². The Bertz CT molecular complexity index is 740. The molecule has 0 fully saturated rings. The molecule has 0 heterocycles. The lowest BCUT2D eigenvalue weighted by molar-refractivity contribution is -0.126. The van der Waals surface area contributed by atoms with Crippen LogP contribution in [0.1, 0.15) is 5.56 Å². The molecular weight excluding hydrogens is 320 g/mol. The Morgan fingerprint density at radius 1 is 1.09 bits per heavy atom. The molecule has 0 aromatic heterocycles. The van der Waals surface area contributed by atoms with E-state index in [1.807, 2.05) is 0 Å². The lowest BCUT2D eigenvalue weighted by atomic mass is 10.2. The molecule has 0 saturated carbocycles. The first-order chi connectivity index (χ1) is 10.9. The van der Waals surface area contributed by atoms with Crippen LogP contribution >= 0.6 is 0 Å². The van der Waals surface area contributed by atoms with E-state index < -0.39 is 9.84 Å². The summed E-state index contributed by atoms with van der Waals surface area (Å²) in [6, 6.07) is 12.6. The van der Waals surface area contributed by atoms with Crippen molar-refractivity contribution in [3.05, 3.63) is 54.1 Å². The molecule has 2 rings (SSSR count). The maximum Gasteiger partial charge on any atom is 0.292 e. The van der Waals surface area contributed by atoms with E-state index >= 15 is 0 Å². The van der Waals surface area contributed by atoms with Crippen molar-refractivity contribution in [1.82, 2.24) is 0 Å². The zero-order chi connectivity index (χ0) is 17.3. The zero-order valence-corrected chi connectivity index (χ0v) is 13.6. The third kappa shape index (κ3) is 5.63. The number of aromatic hydroxyl groups is 1. The maximum absolute atomic E-state index is 12.3. The quantitative estimate of drug-likeness (QED) is 0.840. The summed E-state index contributed by atoms with van der Waals surface area (Å²) in [5.74, 6) is 0.299. The van der Waals surface area contributed by atoms with Gasteiger partial charge in [-0.05, 0) is 24.3 Å². The minimum absolute atomic E-state index is 0.0684. The Kier molecular flexibility index (Phi) is 7.08. The predicted molar refractivity (Wildman–Crippen MR) is 85.1 cm³/mol. The second kappa shape index (κ2) is 8.79. The first-order valence-electron chi connectivity index (χ1n) is 6.54. The van der Waals surface area contributed by atoms with Gasteiger partial charge in [-0.25, -0.2) is 8.42 Å². The van der Waals surface area contributed by atoms with E-state index in [0.29, 0.717) is 17.8 Å². The molecule has 6 nitrogen and oxygen atoms in total. The minimum Gasteiger partial charge on any atom is -0.508 e. The molecule has 1 N–H and O–H groups in total. The van der Waals surface area contributed by atoms with Gasteiger partial charge in [0.25, 0.3) is 6.47 Å². The number of benzene rings is 2. The number of rotatable bonds is 5. The van der Waals surface area contributed by atoms with Crippen molar-refractivity contribution in [2.75, 3.05) is 14.2 Å². The van der Waals surface area contributed by atoms with Gasteiger partial charge in [-0.2, -0.15) is 0 Å². The lowest BCUT2D eigenvalue weighted by Crippen LogP contribution is -2.06. The maximum atomic E-state index is 12.3. The monoisotopic (exact) mass is 338 g/mol. The topological polar surface area (TPSA) is 89.9 Å². The van der Waals surface area contributed by atoms with Gasteiger partial charge in [0.2, 0.25) is 0 Å². The van der Waals surface area contributed by atoms with E-state index in [1.165, 1.54) is 38.5 Å². The second-order valence-corrected chi connectivity index (χ2v) is 6.39. The summed E-state index contributed by atoms with van der Waals surface area (Å²) in [6.45, 7) is 0.375. The Morgan fingerprint density at radius 3 is 2.30 bits per heavy atom. The number of carbonyl (C=O) groups excluding carboxylic acids is 1. The first kappa shape index (κ1) is 18.5. The number of hydrogen-bond acceptors (Lipinski definition) is 6. The Morgan fingerprint density at radius 2 is 1.74 bits per heavy atom. The van der Waals surface area contributed by atoms with Crippen LogP contribution < -0.4 is 4.74 Å². The third-order valence-electron chi connectivity index (χ3n) is 2.81.